The van der Waals surface area contributed by atoms with Gasteiger partial charge < -0.3 is 0 Å². The Morgan fingerprint density at radius 3 is 1.16 bits per heavy atom. The Bertz CT molecular complexity index is 2680. The van der Waals surface area contributed by atoms with Gasteiger partial charge in [-0.25, -0.2) is 19.9 Å². The van der Waals surface area contributed by atoms with Crippen molar-refractivity contribution in [2.45, 2.75) is 0 Å². The van der Waals surface area contributed by atoms with Gasteiger partial charge in [0.25, 0.3) is 0 Å². The molecule has 0 amide bonds. The summed E-state index contributed by atoms with van der Waals surface area (Å²) in [4.78, 5) is 20.6. The molecule has 0 unspecified atom stereocenters. The maximum Gasteiger partial charge on any atom is 0.160 e. The van der Waals surface area contributed by atoms with Crippen molar-refractivity contribution in [2.24, 2.45) is 0 Å². The van der Waals surface area contributed by atoms with Gasteiger partial charge >= 0.3 is 0 Å². The highest BCUT2D eigenvalue weighted by atomic mass is 32.1. The van der Waals surface area contributed by atoms with Gasteiger partial charge in [0.15, 0.2) is 11.6 Å². The molecule has 0 N–H and O–H groups in total. The number of aromatic nitrogens is 4. The van der Waals surface area contributed by atoms with Crippen LogP contribution in [0.4, 0.5) is 0 Å². The van der Waals surface area contributed by atoms with Crippen LogP contribution < -0.4 is 0 Å². The van der Waals surface area contributed by atoms with Gasteiger partial charge in [0.2, 0.25) is 0 Å². The Morgan fingerprint density at radius 1 is 0.320 bits per heavy atom. The van der Waals surface area contributed by atoms with Crippen LogP contribution >= 0.6 is 22.7 Å². The van der Waals surface area contributed by atoms with E-state index in [0.717, 1.165) is 87.6 Å². The maximum atomic E-state index is 5.21. The Hall–Kier alpha value is -6.08. The summed E-state index contributed by atoms with van der Waals surface area (Å²) in [5.41, 5.74) is 10.2. The van der Waals surface area contributed by atoms with Crippen LogP contribution in [0.3, 0.4) is 0 Å². The van der Waals surface area contributed by atoms with Crippen LogP contribution in [0.25, 0.3) is 97.0 Å². The summed E-state index contributed by atoms with van der Waals surface area (Å²) in [6.07, 6.45) is 0. The number of rotatable bonds is 5. The molecular formula is C44H26N4S2. The fourth-order valence-corrected chi connectivity index (χ4v) is 9.01. The van der Waals surface area contributed by atoms with Crippen LogP contribution in [0.1, 0.15) is 0 Å². The first-order chi connectivity index (χ1) is 24.8. The molecule has 0 aliphatic carbocycles. The SMILES string of the molecule is c1ccc(-c2nc(-c3cccc(-c4cccc(-c5nc(-c6ccccc6)nc6c5sc5ccccc56)c4)c3)c3sc4ccccc4c3n2)cc1. The molecule has 4 heterocycles. The summed E-state index contributed by atoms with van der Waals surface area (Å²) in [5, 5.41) is 2.31. The second-order valence-corrected chi connectivity index (χ2v) is 14.3. The smallest absolute Gasteiger partial charge is 0.160 e. The van der Waals surface area contributed by atoms with Gasteiger partial charge in [0.1, 0.15) is 0 Å². The predicted molar refractivity (Wildman–Crippen MR) is 211 cm³/mol. The van der Waals surface area contributed by atoms with Gasteiger partial charge in [-0.1, -0.05) is 133 Å². The van der Waals surface area contributed by atoms with Crippen LogP contribution in [-0.4, -0.2) is 19.9 Å². The van der Waals surface area contributed by atoms with Crippen molar-refractivity contribution in [1.82, 2.24) is 19.9 Å². The Morgan fingerprint density at radius 2 is 0.700 bits per heavy atom. The van der Waals surface area contributed by atoms with E-state index in [9.17, 15) is 0 Å². The average molecular weight is 675 g/mol. The molecular weight excluding hydrogens is 649 g/mol. The fourth-order valence-electron chi connectivity index (χ4n) is 6.70. The highest BCUT2D eigenvalue weighted by molar-refractivity contribution is 7.26. The molecule has 0 bridgehead atoms. The van der Waals surface area contributed by atoms with Crippen molar-refractivity contribution in [2.75, 3.05) is 0 Å². The zero-order valence-electron chi connectivity index (χ0n) is 26.6. The van der Waals surface area contributed by atoms with Crippen LogP contribution in [0.15, 0.2) is 158 Å². The first-order valence-electron chi connectivity index (χ1n) is 16.5. The molecule has 6 heteroatoms. The molecule has 4 nitrogen and oxygen atoms in total. The number of thiophene rings is 2. The Balaban J connectivity index is 1.14. The zero-order valence-corrected chi connectivity index (χ0v) is 28.2. The van der Waals surface area contributed by atoms with Gasteiger partial charge in [0, 0.05) is 42.4 Å². The lowest BCUT2D eigenvalue weighted by Crippen LogP contribution is -1.94. The minimum Gasteiger partial charge on any atom is -0.226 e. The van der Waals surface area contributed by atoms with E-state index in [4.69, 9.17) is 19.9 Å². The van der Waals surface area contributed by atoms with E-state index >= 15 is 0 Å². The van der Waals surface area contributed by atoms with Crippen LogP contribution in [0.2, 0.25) is 0 Å². The first-order valence-corrected chi connectivity index (χ1v) is 18.1. The topological polar surface area (TPSA) is 51.6 Å². The molecule has 0 spiro atoms. The second kappa shape index (κ2) is 11.8. The summed E-state index contributed by atoms with van der Waals surface area (Å²) in [6, 6.07) is 54.9. The fraction of sp³-hybridized carbons (Fsp3) is 0. The van der Waals surface area contributed by atoms with Crippen LogP contribution in [0, 0.1) is 0 Å². The van der Waals surface area contributed by atoms with Gasteiger partial charge in [-0.05, 0) is 35.4 Å². The van der Waals surface area contributed by atoms with Gasteiger partial charge in [-0.2, -0.15) is 0 Å². The number of nitrogens with zero attached hydrogens (tertiary/aromatic N) is 4. The van der Waals surface area contributed by atoms with Crippen molar-refractivity contribution in [1.29, 1.82) is 0 Å². The number of fused-ring (bicyclic) bond motifs is 6. The molecule has 0 saturated heterocycles. The van der Waals surface area contributed by atoms with Crippen molar-refractivity contribution < 1.29 is 0 Å². The summed E-state index contributed by atoms with van der Waals surface area (Å²) in [5.74, 6) is 1.46. The van der Waals surface area contributed by atoms with Crippen molar-refractivity contribution in [3.05, 3.63) is 158 Å². The average Bonchev–Trinajstić information content (AvgIpc) is 3.76. The maximum absolute atomic E-state index is 5.21. The number of hydrogen-bond acceptors (Lipinski definition) is 6. The molecule has 10 aromatic rings. The summed E-state index contributed by atoms with van der Waals surface area (Å²) < 4.78 is 4.61. The lowest BCUT2D eigenvalue weighted by atomic mass is 9.98. The molecule has 0 atom stereocenters. The largest absolute Gasteiger partial charge is 0.226 e. The van der Waals surface area contributed by atoms with E-state index in [0.29, 0.717) is 0 Å². The minimum atomic E-state index is 0.731. The monoisotopic (exact) mass is 674 g/mol. The zero-order chi connectivity index (χ0) is 33.0. The highest BCUT2D eigenvalue weighted by Gasteiger charge is 2.19. The summed E-state index contributed by atoms with van der Waals surface area (Å²) in [7, 11) is 0. The summed E-state index contributed by atoms with van der Waals surface area (Å²) in [6.45, 7) is 0. The third kappa shape index (κ3) is 4.88. The van der Waals surface area contributed by atoms with Crippen LogP contribution in [-0.2, 0) is 0 Å². The molecule has 4 aromatic heterocycles. The molecule has 0 aliphatic rings. The van der Waals surface area contributed by atoms with E-state index < -0.39 is 0 Å². The predicted octanol–water partition coefficient (Wildman–Crippen LogP) is 12.3. The molecule has 0 saturated carbocycles. The van der Waals surface area contributed by atoms with Crippen molar-refractivity contribution in [3.63, 3.8) is 0 Å². The minimum absolute atomic E-state index is 0.731. The van der Waals surface area contributed by atoms with Gasteiger partial charge in [-0.15, -0.1) is 22.7 Å². The van der Waals surface area contributed by atoms with Crippen LogP contribution in [0.5, 0.6) is 0 Å². The third-order valence-corrected chi connectivity index (χ3v) is 11.4. The Kier molecular flexibility index (Phi) is 6.82. The Labute approximate surface area is 296 Å². The van der Waals surface area contributed by atoms with Crippen molar-refractivity contribution in [3.8, 4) is 56.4 Å². The number of hydrogen-bond donors (Lipinski definition) is 0. The molecule has 0 radical (unpaired) electrons. The number of benzene rings is 6. The molecule has 234 valence electrons. The first kappa shape index (κ1) is 28.9. The second-order valence-electron chi connectivity index (χ2n) is 12.2. The molecule has 6 aromatic carbocycles. The highest BCUT2D eigenvalue weighted by Crippen LogP contribution is 2.42. The van der Waals surface area contributed by atoms with E-state index in [1.807, 2.05) is 36.4 Å². The molecule has 50 heavy (non-hydrogen) atoms. The quantitative estimate of drug-likeness (QED) is 0.182. The molecule has 0 fully saturated rings. The van der Waals surface area contributed by atoms with E-state index in [1.165, 1.54) is 9.40 Å². The van der Waals surface area contributed by atoms with Gasteiger partial charge in [0.05, 0.1) is 31.8 Å². The van der Waals surface area contributed by atoms with Crippen molar-refractivity contribution >= 4 is 63.3 Å². The standard InChI is InChI=1S/C44H26N4S2/c1-3-13-27(14-4-1)43-45-37(41-39(47-43)33-21-7-9-23-35(33)49-41)31-19-11-17-29(25-31)30-18-12-20-32(26-30)38-42-40(34-22-8-10-24-36(34)50-42)48-44(46-38)28-15-5-2-6-16-28/h1-26H. The lowest BCUT2D eigenvalue weighted by molar-refractivity contribution is 1.24. The molecule has 10 rings (SSSR count). The molecule has 0 aliphatic heterocycles. The summed E-state index contributed by atoms with van der Waals surface area (Å²) >= 11 is 3.51. The lowest BCUT2D eigenvalue weighted by Gasteiger charge is -2.11. The van der Waals surface area contributed by atoms with Gasteiger partial charge in [-0.3, -0.25) is 0 Å². The van der Waals surface area contributed by atoms with E-state index in [-0.39, 0.29) is 0 Å². The van der Waals surface area contributed by atoms with E-state index in [1.54, 1.807) is 22.7 Å². The third-order valence-electron chi connectivity index (χ3n) is 9.11. The van der Waals surface area contributed by atoms with E-state index in [2.05, 4.69) is 121 Å². The normalized spacial score (nSPS) is 11.6.